The third kappa shape index (κ3) is 6.54. The van der Waals surface area contributed by atoms with Crippen LogP contribution >= 0.6 is 0 Å². The van der Waals surface area contributed by atoms with E-state index in [2.05, 4.69) is 30.4 Å². The number of ether oxygens (including phenoxy) is 2. The van der Waals surface area contributed by atoms with Gasteiger partial charge in [0.25, 0.3) is 0 Å². The molecule has 0 saturated heterocycles. The van der Waals surface area contributed by atoms with E-state index >= 15 is 0 Å². The van der Waals surface area contributed by atoms with Crippen molar-refractivity contribution in [3.8, 4) is 0 Å². The normalized spacial score (nSPS) is 13.2. The molecule has 4 heteroatoms. The first-order valence-electron chi connectivity index (χ1n) is 4.06. The molecule has 0 heterocycles. The van der Waals surface area contributed by atoms with Crippen LogP contribution in [0, 0.1) is 0 Å². The number of hydrogen-bond acceptors (Lipinski definition) is 3. The summed E-state index contributed by atoms with van der Waals surface area (Å²) in [5.74, 6) is 0. The molecule has 0 N–H and O–H groups in total. The molecule has 0 unspecified atom stereocenters. The maximum atomic E-state index is 5.03. The molecular weight excluding hydrogens is 170 g/mol. The molecule has 0 aromatic rings. The van der Waals surface area contributed by atoms with Crippen molar-refractivity contribution < 1.29 is 9.47 Å². The summed E-state index contributed by atoms with van der Waals surface area (Å²) < 4.78 is 12.3. The van der Waals surface area contributed by atoms with Gasteiger partial charge >= 0.3 is 0 Å². The van der Waals surface area contributed by atoms with Gasteiger partial charge in [-0.25, -0.2) is 0 Å². The molecule has 0 bridgehead atoms. The van der Waals surface area contributed by atoms with Gasteiger partial charge in [0.1, 0.15) is 9.68 Å². The van der Waals surface area contributed by atoms with E-state index in [1.165, 1.54) is 0 Å². The molecular formula is C8H19NO2Si. The first-order valence-corrected chi connectivity index (χ1v) is 5.51. The molecule has 0 atom stereocenters. The van der Waals surface area contributed by atoms with Crippen LogP contribution in [0.4, 0.5) is 0 Å². The second kappa shape index (κ2) is 7.48. The highest BCUT2D eigenvalue weighted by Crippen LogP contribution is 1.97. The zero-order chi connectivity index (χ0) is 9.40. The molecule has 0 amide bonds. The fourth-order valence-corrected chi connectivity index (χ4v) is 1.54. The van der Waals surface area contributed by atoms with E-state index in [0.717, 1.165) is 6.42 Å². The second-order valence-electron chi connectivity index (χ2n) is 2.87. The second-order valence-corrected chi connectivity index (χ2v) is 4.97. The van der Waals surface area contributed by atoms with Gasteiger partial charge in [-0.05, 0) is 14.1 Å². The smallest absolute Gasteiger partial charge is 0.160 e. The van der Waals surface area contributed by atoms with Gasteiger partial charge in [-0.15, -0.1) is 0 Å². The first kappa shape index (κ1) is 11.8. The molecule has 0 spiro atoms. The Morgan fingerprint density at radius 2 is 1.92 bits per heavy atom. The lowest BCUT2D eigenvalue weighted by Gasteiger charge is -2.10. The zero-order valence-corrected chi connectivity index (χ0v) is 9.82. The molecule has 0 aromatic carbocycles. The lowest BCUT2D eigenvalue weighted by atomic mass is 10.4. The van der Waals surface area contributed by atoms with Gasteiger partial charge in [0, 0.05) is 20.6 Å². The Kier molecular flexibility index (Phi) is 7.38. The minimum Gasteiger partial charge on any atom is -0.356 e. The minimum absolute atomic E-state index is 0.0857. The molecule has 0 radical (unpaired) electrons. The molecule has 12 heavy (non-hydrogen) atoms. The predicted octanol–water partition coefficient (Wildman–Crippen LogP) is 0.154. The van der Waals surface area contributed by atoms with Crippen LogP contribution in [0.25, 0.3) is 0 Å². The fraction of sp³-hybridized carbons (Fsp3) is 0.750. The summed E-state index contributed by atoms with van der Waals surface area (Å²) in [5.41, 5.74) is 2.24. The molecule has 0 aromatic heterocycles. The quantitative estimate of drug-likeness (QED) is 0.439. The highest BCUT2D eigenvalue weighted by Gasteiger charge is 1.99. The summed E-state index contributed by atoms with van der Waals surface area (Å²) in [6, 6.07) is 0. The summed E-state index contributed by atoms with van der Waals surface area (Å²) in [7, 11) is 7.34. The molecule has 0 rings (SSSR count). The molecule has 0 aliphatic heterocycles. The van der Waals surface area contributed by atoms with Gasteiger partial charge in [0.2, 0.25) is 0 Å². The maximum Gasteiger partial charge on any atom is 0.160 e. The van der Waals surface area contributed by atoms with Gasteiger partial charge in [0.05, 0.1) is 0 Å². The third-order valence-electron chi connectivity index (χ3n) is 1.49. The zero-order valence-electron chi connectivity index (χ0n) is 8.41. The summed E-state index contributed by atoms with van der Waals surface area (Å²) in [6.45, 7) is 0. The lowest BCUT2D eigenvalue weighted by Crippen LogP contribution is -2.15. The van der Waals surface area contributed by atoms with Crippen molar-refractivity contribution >= 4 is 9.68 Å². The summed E-state index contributed by atoms with van der Waals surface area (Å²) in [5, 5.41) is 0. The van der Waals surface area contributed by atoms with Crippen LogP contribution < -0.4 is 0 Å². The van der Waals surface area contributed by atoms with Crippen molar-refractivity contribution in [3.05, 3.63) is 11.8 Å². The minimum atomic E-state index is -0.171. The van der Waals surface area contributed by atoms with Crippen molar-refractivity contribution in [2.24, 2.45) is 0 Å². The SMILES string of the molecule is COC(CC=C[SiH2]N(C)C)OC. The molecule has 0 saturated carbocycles. The van der Waals surface area contributed by atoms with Crippen LogP contribution in [0.3, 0.4) is 0 Å². The lowest BCUT2D eigenvalue weighted by molar-refractivity contribution is -0.0986. The van der Waals surface area contributed by atoms with Crippen LogP contribution in [0.5, 0.6) is 0 Å². The Bertz CT molecular complexity index is 124. The average molecular weight is 189 g/mol. The molecule has 0 aliphatic rings. The topological polar surface area (TPSA) is 21.7 Å². The molecule has 72 valence electrons. The van der Waals surface area contributed by atoms with E-state index < -0.39 is 0 Å². The van der Waals surface area contributed by atoms with Crippen LogP contribution in [0.2, 0.25) is 0 Å². The number of methoxy groups -OCH3 is 2. The fourth-order valence-electron chi connectivity index (χ4n) is 0.781. The summed E-state index contributed by atoms with van der Waals surface area (Å²) in [6.07, 6.45) is 2.88. The Morgan fingerprint density at radius 1 is 1.33 bits per heavy atom. The molecule has 3 nitrogen and oxygen atoms in total. The Labute approximate surface area is 77.2 Å². The van der Waals surface area contributed by atoms with E-state index in [1.54, 1.807) is 14.2 Å². The van der Waals surface area contributed by atoms with Crippen LogP contribution in [0.1, 0.15) is 6.42 Å². The van der Waals surface area contributed by atoms with Gasteiger partial charge in [-0.2, -0.15) is 0 Å². The van der Waals surface area contributed by atoms with Crippen LogP contribution in [-0.2, 0) is 9.47 Å². The van der Waals surface area contributed by atoms with Crippen molar-refractivity contribution in [2.75, 3.05) is 28.3 Å². The molecule has 0 aliphatic carbocycles. The van der Waals surface area contributed by atoms with Gasteiger partial charge < -0.3 is 14.0 Å². The number of rotatable bonds is 6. The first-order chi connectivity index (χ1) is 5.70. The van der Waals surface area contributed by atoms with E-state index in [9.17, 15) is 0 Å². The predicted molar refractivity (Wildman–Crippen MR) is 53.8 cm³/mol. The average Bonchev–Trinajstić information content (AvgIpc) is 2.04. The third-order valence-corrected chi connectivity index (χ3v) is 2.77. The van der Waals surface area contributed by atoms with Gasteiger partial charge in [-0.1, -0.05) is 11.8 Å². The Hall–Kier alpha value is -0.163. The van der Waals surface area contributed by atoms with E-state index in [-0.39, 0.29) is 16.0 Å². The van der Waals surface area contributed by atoms with E-state index in [1.807, 2.05) is 0 Å². The van der Waals surface area contributed by atoms with Crippen LogP contribution in [0.15, 0.2) is 11.8 Å². The van der Waals surface area contributed by atoms with Crippen LogP contribution in [-0.4, -0.2) is 48.9 Å². The summed E-state index contributed by atoms with van der Waals surface area (Å²) >= 11 is 0. The number of nitrogens with zero attached hydrogens (tertiary/aromatic N) is 1. The van der Waals surface area contributed by atoms with E-state index in [4.69, 9.17) is 9.47 Å². The van der Waals surface area contributed by atoms with Crippen molar-refractivity contribution in [1.82, 2.24) is 4.57 Å². The standard InChI is InChI=1S/C8H19NO2Si/c1-9(2)12-7-5-6-8(10-3)11-4/h5,7-8H,6,12H2,1-4H3. The maximum absolute atomic E-state index is 5.03. The van der Waals surface area contributed by atoms with Crippen molar-refractivity contribution in [3.63, 3.8) is 0 Å². The monoisotopic (exact) mass is 189 g/mol. The van der Waals surface area contributed by atoms with E-state index in [0.29, 0.717) is 0 Å². The molecule has 0 fully saturated rings. The Balaban J connectivity index is 3.44. The van der Waals surface area contributed by atoms with Gasteiger partial charge in [0.15, 0.2) is 6.29 Å². The van der Waals surface area contributed by atoms with Crippen molar-refractivity contribution in [1.29, 1.82) is 0 Å². The van der Waals surface area contributed by atoms with Crippen molar-refractivity contribution in [2.45, 2.75) is 12.7 Å². The highest BCUT2D eigenvalue weighted by molar-refractivity contribution is 6.38. The largest absolute Gasteiger partial charge is 0.356 e. The Morgan fingerprint density at radius 3 is 2.33 bits per heavy atom. The van der Waals surface area contributed by atoms with Gasteiger partial charge in [-0.3, -0.25) is 0 Å². The highest BCUT2D eigenvalue weighted by atomic mass is 28.2. The number of hydrogen-bond donors (Lipinski definition) is 0. The summed E-state index contributed by atoms with van der Waals surface area (Å²) in [4.78, 5) is 0.